The minimum Gasteiger partial charge on any atom is -0.412 e. The molecule has 0 fully saturated rings. The molecular weight excluding hydrogens is 202 g/mol. The van der Waals surface area contributed by atoms with Gasteiger partial charge in [-0.25, -0.2) is 8.37 Å². The van der Waals surface area contributed by atoms with Crippen LogP contribution in [0.2, 0.25) is 0 Å². The number of hydrogen-bond donors (Lipinski definition) is 2. The number of rotatable bonds is 6. The van der Waals surface area contributed by atoms with Gasteiger partial charge >= 0.3 is 10.4 Å². The zero-order valence-electron chi connectivity index (χ0n) is 7.52. The Morgan fingerprint density at radius 1 is 1.23 bits per heavy atom. The van der Waals surface area contributed by atoms with Gasteiger partial charge in [0.1, 0.15) is 0 Å². The Morgan fingerprint density at radius 2 is 1.69 bits per heavy atom. The molecule has 7 nitrogen and oxygen atoms in total. The largest absolute Gasteiger partial charge is 0.412 e. The van der Waals surface area contributed by atoms with E-state index in [9.17, 15) is 8.42 Å². The molecule has 0 atom stereocenters. The van der Waals surface area contributed by atoms with Crippen LogP contribution in [0.1, 0.15) is 13.3 Å². The number of aliphatic hydroxyl groups is 1. The van der Waals surface area contributed by atoms with Crippen molar-refractivity contribution in [3.63, 3.8) is 0 Å². The summed E-state index contributed by atoms with van der Waals surface area (Å²) in [6, 6.07) is 0. The Morgan fingerprint density at radius 3 is 2.08 bits per heavy atom. The maximum atomic E-state index is 10.6. The van der Waals surface area contributed by atoms with Crippen LogP contribution in [0.3, 0.4) is 0 Å². The van der Waals surface area contributed by atoms with Gasteiger partial charge in [0, 0.05) is 0 Å². The summed E-state index contributed by atoms with van der Waals surface area (Å²) in [6.45, 7) is 1.29. The van der Waals surface area contributed by atoms with Crippen molar-refractivity contribution < 1.29 is 27.4 Å². The number of aliphatic hydroxyl groups excluding tert-OH is 1. The fourth-order valence-corrected chi connectivity index (χ4v) is 1.08. The quantitative estimate of drug-likeness (QED) is 0.587. The molecule has 8 heteroatoms. The van der Waals surface area contributed by atoms with Gasteiger partial charge in [-0.3, -0.25) is 0 Å². The molecule has 0 amide bonds. The minimum atomic E-state index is -3.87. The van der Waals surface area contributed by atoms with Crippen LogP contribution in [-0.4, -0.2) is 38.8 Å². The van der Waals surface area contributed by atoms with Crippen molar-refractivity contribution in [3.05, 3.63) is 0 Å². The minimum absolute atomic E-state index is 0. The summed E-state index contributed by atoms with van der Waals surface area (Å²) in [7, 11) is -3.87. The lowest BCUT2D eigenvalue weighted by molar-refractivity contribution is 0.168. The van der Waals surface area contributed by atoms with E-state index in [0.717, 1.165) is 0 Å². The molecule has 0 radical (unpaired) electrons. The fourth-order valence-electron chi connectivity index (χ4n) is 0.359. The van der Waals surface area contributed by atoms with Crippen LogP contribution in [0.5, 0.6) is 0 Å². The van der Waals surface area contributed by atoms with E-state index < -0.39 is 10.4 Å². The molecule has 13 heavy (non-hydrogen) atoms. The molecule has 0 spiro atoms. The highest BCUT2D eigenvalue weighted by Crippen LogP contribution is 1.95. The van der Waals surface area contributed by atoms with Crippen molar-refractivity contribution in [3.8, 4) is 0 Å². The van der Waals surface area contributed by atoms with Gasteiger partial charge in [-0.05, 0) is 6.42 Å². The Labute approximate surface area is 77.9 Å². The molecule has 0 aromatic carbocycles. The molecule has 0 aliphatic carbocycles. The summed E-state index contributed by atoms with van der Waals surface area (Å²) >= 11 is 0. The fraction of sp³-hybridized carbons (Fsp3) is 1.00. The van der Waals surface area contributed by atoms with E-state index in [4.69, 9.17) is 5.11 Å². The molecule has 0 aliphatic heterocycles. The Bertz CT molecular complexity index is 165. The highest BCUT2D eigenvalue weighted by molar-refractivity contribution is 7.81. The van der Waals surface area contributed by atoms with Gasteiger partial charge in [-0.15, -0.1) is 0 Å². The van der Waals surface area contributed by atoms with Crippen molar-refractivity contribution >= 4 is 10.4 Å². The van der Waals surface area contributed by atoms with Gasteiger partial charge in [0.05, 0.1) is 19.8 Å². The first kappa shape index (κ1) is 18.5. The van der Waals surface area contributed by atoms with E-state index in [2.05, 4.69) is 8.37 Å². The van der Waals surface area contributed by atoms with Gasteiger partial charge in [0.2, 0.25) is 0 Å². The molecular formula is C5H17NO6S. The van der Waals surface area contributed by atoms with Crippen molar-refractivity contribution in [1.29, 1.82) is 0 Å². The van der Waals surface area contributed by atoms with Crippen LogP contribution in [0, 0.1) is 0 Å². The molecule has 0 saturated carbocycles. The average molecular weight is 219 g/mol. The summed E-state index contributed by atoms with van der Waals surface area (Å²) in [6.07, 6.45) is 0.599. The third kappa shape index (κ3) is 11.8. The summed E-state index contributed by atoms with van der Waals surface area (Å²) in [5.41, 5.74) is 0. The van der Waals surface area contributed by atoms with E-state index in [1.165, 1.54) is 0 Å². The Hall–Kier alpha value is -0.250. The number of hydrogen-bond acceptors (Lipinski definition) is 6. The standard InChI is InChI=1S/C5H12O5S.H3N.H2O/c1-2-4-9-11(7,8)10-5-3-6;;/h6H,2-5H2,1H3;1H3;1H2. The maximum absolute atomic E-state index is 10.6. The van der Waals surface area contributed by atoms with Crippen molar-refractivity contribution in [2.45, 2.75) is 13.3 Å². The van der Waals surface area contributed by atoms with Crippen LogP contribution in [0.4, 0.5) is 0 Å². The first-order chi connectivity index (χ1) is 5.12. The lowest BCUT2D eigenvalue weighted by atomic mass is 10.5. The summed E-state index contributed by atoms with van der Waals surface area (Å²) in [5.74, 6) is 0. The monoisotopic (exact) mass is 219 g/mol. The third-order valence-electron chi connectivity index (χ3n) is 0.751. The molecule has 0 aromatic heterocycles. The predicted octanol–water partition coefficient (Wildman–Crippen LogP) is -0.996. The summed E-state index contributed by atoms with van der Waals surface area (Å²) in [5, 5.41) is 8.21. The maximum Gasteiger partial charge on any atom is 0.399 e. The second-order valence-corrected chi connectivity index (χ2v) is 3.06. The van der Waals surface area contributed by atoms with E-state index in [-0.39, 0.29) is 31.4 Å². The van der Waals surface area contributed by atoms with Gasteiger partial charge in [0.15, 0.2) is 0 Å². The second kappa shape index (κ2) is 9.84. The highest BCUT2D eigenvalue weighted by Gasteiger charge is 2.09. The molecule has 0 heterocycles. The summed E-state index contributed by atoms with van der Waals surface area (Å²) < 4.78 is 29.7. The smallest absolute Gasteiger partial charge is 0.399 e. The van der Waals surface area contributed by atoms with Gasteiger partial charge < -0.3 is 16.7 Å². The van der Waals surface area contributed by atoms with E-state index >= 15 is 0 Å². The Kier molecular flexibility index (Phi) is 14.0. The molecule has 6 N–H and O–H groups in total. The molecule has 84 valence electrons. The van der Waals surface area contributed by atoms with Gasteiger partial charge in [-0.1, -0.05) is 6.92 Å². The van der Waals surface area contributed by atoms with Crippen LogP contribution >= 0.6 is 0 Å². The van der Waals surface area contributed by atoms with Crippen LogP contribution in [-0.2, 0) is 18.8 Å². The molecule has 0 aromatic rings. The summed E-state index contributed by atoms with van der Waals surface area (Å²) in [4.78, 5) is 0. The van der Waals surface area contributed by atoms with E-state index in [1.807, 2.05) is 0 Å². The van der Waals surface area contributed by atoms with E-state index in [1.54, 1.807) is 6.92 Å². The SMILES string of the molecule is CCCOS(=O)(=O)OCCO.N.O. The lowest BCUT2D eigenvalue weighted by Gasteiger charge is -2.02. The van der Waals surface area contributed by atoms with Crippen molar-refractivity contribution in [1.82, 2.24) is 6.15 Å². The Balaban J connectivity index is -0.000000500. The molecule has 0 rings (SSSR count). The van der Waals surface area contributed by atoms with Crippen LogP contribution < -0.4 is 6.15 Å². The second-order valence-electron chi connectivity index (χ2n) is 1.78. The first-order valence-electron chi connectivity index (χ1n) is 3.27. The topological polar surface area (TPSA) is 139 Å². The zero-order chi connectivity index (χ0) is 8.74. The molecule has 0 unspecified atom stereocenters. The van der Waals surface area contributed by atoms with Crippen LogP contribution in [0.25, 0.3) is 0 Å². The lowest BCUT2D eigenvalue weighted by Crippen LogP contribution is -2.13. The van der Waals surface area contributed by atoms with E-state index in [0.29, 0.717) is 6.42 Å². The van der Waals surface area contributed by atoms with Crippen molar-refractivity contribution in [2.75, 3.05) is 19.8 Å². The third-order valence-corrected chi connectivity index (χ3v) is 1.66. The average Bonchev–Trinajstić information content (AvgIpc) is 1.97. The predicted molar refractivity (Wildman–Crippen MR) is 46.8 cm³/mol. The van der Waals surface area contributed by atoms with Gasteiger partial charge in [0.25, 0.3) is 0 Å². The van der Waals surface area contributed by atoms with Gasteiger partial charge in [-0.2, -0.15) is 8.42 Å². The molecule has 0 bridgehead atoms. The van der Waals surface area contributed by atoms with Crippen molar-refractivity contribution in [2.24, 2.45) is 0 Å². The zero-order valence-corrected chi connectivity index (χ0v) is 8.34. The normalized spacial score (nSPS) is 10.0. The first-order valence-corrected chi connectivity index (χ1v) is 4.60. The molecule has 0 saturated heterocycles. The highest BCUT2D eigenvalue weighted by atomic mass is 32.3. The van der Waals surface area contributed by atoms with Crippen LogP contribution in [0.15, 0.2) is 0 Å². The molecule has 0 aliphatic rings.